The first-order valence-corrected chi connectivity index (χ1v) is 10.7. The lowest BCUT2D eigenvalue weighted by atomic mass is 9.83. The molecule has 2 aliphatic heterocycles. The Labute approximate surface area is 182 Å². The van der Waals surface area contributed by atoms with Crippen LogP contribution in [0.15, 0.2) is 60.7 Å². The van der Waals surface area contributed by atoms with E-state index in [4.69, 9.17) is 0 Å². The summed E-state index contributed by atoms with van der Waals surface area (Å²) in [4.78, 5) is 41.2. The normalized spacial score (nSPS) is 23.5. The molecule has 2 fully saturated rings. The molecule has 2 aromatic rings. The Morgan fingerprint density at radius 1 is 0.968 bits per heavy atom. The van der Waals surface area contributed by atoms with Crippen LogP contribution in [-0.2, 0) is 15.1 Å². The highest BCUT2D eigenvalue weighted by Gasteiger charge is 2.54. The molecule has 7 nitrogen and oxygen atoms in total. The minimum atomic E-state index is -1.39. The average Bonchev–Trinajstić information content (AvgIpc) is 3.00. The number of benzene rings is 2. The third-order valence-corrected chi connectivity index (χ3v) is 5.98. The van der Waals surface area contributed by atoms with Crippen LogP contribution in [-0.4, -0.2) is 47.4 Å². The van der Waals surface area contributed by atoms with Crippen LogP contribution in [0.2, 0.25) is 0 Å². The molecule has 2 aromatic carbocycles. The summed E-state index contributed by atoms with van der Waals surface area (Å²) in [7, 11) is 0. The van der Waals surface area contributed by atoms with Gasteiger partial charge in [-0.15, -0.1) is 0 Å². The zero-order chi connectivity index (χ0) is 22.0. The number of urea groups is 1. The number of hydrogen-bond acceptors (Lipinski definition) is 4. The van der Waals surface area contributed by atoms with Crippen molar-refractivity contribution in [2.75, 3.05) is 19.6 Å². The number of amides is 4. The lowest BCUT2D eigenvalue weighted by molar-refractivity contribution is -0.139. The molecule has 0 radical (unpaired) electrons. The van der Waals surface area contributed by atoms with Crippen molar-refractivity contribution in [2.45, 2.75) is 25.8 Å². The van der Waals surface area contributed by atoms with Gasteiger partial charge in [-0.05, 0) is 29.4 Å². The van der Waals surface area contributed by atoms with E-state index in [0.717, 1.165) is 24.5 Å². The van der Waals surface area contributed by atoms with E-state index in [-0.39, 0.29) is 12.5 Å². The summed E-state index contributed by atoms with van der Waals surface area (Å²) in [5.74, 6) is 0.125. The fourth-order valence-electron chi connectivity index (χ4n) is 4.85. The number of hydrazine groups is 1. The molecule has 0 unspecified atom stereocenters. The van der Waals surface area contributed by atoms with Crippen molar-refractivity contribution >= 4 is 17.8 Å². The third kappa shape index (κ3) is 4.05. The van der Waals surface area contributed by atoms with Crippen molar-refractivity contribution in [3.05, 3.63) is 71.8 Å². The fraction of sp³-hybridized carbons (Fsp3) is 0.375. The van der Waals surface area contributed by atoms with Crippen molar-refractivity contribution in [1.29, 1.82) is 0 Å². The highest BCUT2D eigenvalue weighted by molar-refractivity contribution is 6.10. The number of imide groups is 1. The topological polar surface area (TPSA) is 81.8 Å². The van der Waals surface area contributed by atoms with Gasteiger partial charge in [0.2, 0.25) is 0 Å². The Morgan fingerprint density at radius 3 is 2.00 bits per heavy atom. The standard InChI is InChI=1S/C24H28N4O3/c1-17-13-18(2)15-27(14-17)16-21(29)26-28-22(30)24(25-23(28)31,19-9-5-3-6-10-19)20-11-7-4-8-12-20/h3-12,17-18H,13-16H2,1-2H3,(H,25,31)(H,26,29)/t17-,18+. The molecule has 162 valence electrons. The van der Waals surface area contributed by atoms with Gasteiger partial charge in [0.1, 0.15) is 0 Å². The van der Waals surface area contributed by atoms with E-state index in [1.54, 1.807) is 24.3 Å². The molecule has 0 saturated carbocycles. The first-order chi connectivity index (χ1) is 14.9. The molecule has 0 aromatic heterocycles. The fourth-order valence-corrected chi connectivity index (χ4v) is 4.85. The number of likely N-dealkylation sites (tertiary alicyclic amines) is 1. The molecular weight excluding hydrogens is 392 g/mol. The van der Waals surface area contributed by atoms with Crippen LogP contribution in [0.25, 0.3) is 0 Å². The maximum absolute atomic E-state index is 13.6. The van der Waals surface area contributed by atoms with Crippen LogP contribution in [0.1, 0.15) is 31.4 Å². The van der Waals surface area contributed by atoms with Crippen LogP contribution in [0.3, 0.4) is 0 Å². The number of hydrogen-bond donors (Lipinski definition) is 2. The van der Waals surface area contributed by atoms with Crippen molar-refractivity contribution < 1.29 is 14.4 Å². The van der Waals surface area contributed by atoms with E-state index < -0.39 is 17.5 Å². The number of rotatable bonds is 5. The Morgan fingerprint density at radius 2 is 1.48 bits per heavy atom. The zero-order valence-corrected chi connectivity index (χ0v) is 17.9. The Bertz CT molecular complexity index is 914. The molecule has 2 N–H and O–H groups in total. The molecule has 31 heavy (non-hydrogen) atoms. The monoisotopic (exact) mass is 420 g/mol. The highest BCUT2D eigenvalue weighted by Crippen LogP contribution is 2.35. The van der Waals surface area contributed by atoms with Gasteiger partial charge in [0.05, 0.1) is 6.54 Å². The van der Waals surface area contributed by atoms with Crippen LogP contribution >= 0.6 is 0 Å². The summed E-state index contributed by atoms with van der Waals surface area (Å²) < 4.78 is 0. The van der Waals surface area contributed by atoms with Crippen molar-refractivity contribution in [3.8, 4) is 0 Å². The van der Waals surface area contributed by atoms with Gasteiger partial charge in [-0.25, -0.2) is 4.79 Å². The lowest BCUT2D eigenvalue weighted by Crippen LogP contribution is -2.52. The van der Waals surface area contributed by atoms with Crippen molar-refractivity contribution in [1.82, 2.24) is 20.7 Å². The lowest BCUT2D eigenvalue weighted by Gasteiger charge is -2.34. The summed E-state index contributed by atoms with van der Waals surface area (Å²) >= 11 is 0. The number of nitrogens with zero attached hydrogens (tertiary/aromatic N) is 2. The number of carbonyl (C=O) groups is 3. The van der Waals surface area contributed by atoms with Gasteiger partial charge in [0.15, 0.2) is 5.54 Å². The SMILES string of the molecule is C[C@@H]1C[C@H](C)CN(CC(=O)NN2C(=O)NC(c3ccccc3)(c3ccccc3)C2=O)C1. The Hall–Kier alpha value is -3.19. The predicted molar refractivity (Wildman–Crippen MR) is 117 cm³/mol. The quantitative estimate of drug-likeness (QED) is 0.729. The summed E-state index contributed by atoms with van der Waals surface area (Å²) in [5.41, 5.74) is 2.42. The van der Waals surface area contributed by atoms with Gasteiger partial charge in [-0.2, -0.15) is 5.01 Å². The summed E-state index contributed by atoms with van der Waals surface area (Å²) in [6.45, 7) is 6.15. The third-order valence-electron chi connectivity index (χ3n) is 5.98. The zero-order valence-electron chi connectivity index (χ0n) is 17.9. The molecule has 2 heterocycles. The van der Waals surface area contributed by atoms with Gasteiger partial charge in [-0.1, -0.05) is 74.5 Å². The number of piperidine rings is 1. The average molecular weight is 421 g/mol. The highest BCUT2D eigenvalue weighted by atomic mass is 16.2. The molecule has 2 atom stereocenters. The Kier molecular flexibility index (Phi) is 5.78. The maximum Gasteiger partial charge on any atom is 0.344 e. The predicted octanol–water partition coefficient (Wildman–Crippen LogP) is 2.49. The van der Waals surface area contributed by atoms with E-state index in [1.807, 2.05) is 36.4 Å². The molecule has 0 bridgehead atoms. The maximum atomic E-state index is 13.6. The molecule has 7 heteroatoms. The second-order valence-electron chi connectivity index (χ2n) is 8.73. The molecular formula is C24H28N4O3. The van der Waals surface area contributed by atoms with Crippen LogP contribution in [0.4, 0.5) is 4.79 Å². The molecule has 0 aliphatic carbocycles. The smallest absolute Gasteiger partial charge is 0.314 e. The van der Waals surface area contributed by atoms with Crippen molar-refractivity contribution in [3.63, 3.8) is 0 Å². The first-order valence-electron chi connectivity index (χ1n) is 10.7. The van der Waals surface area contributed by atoms with Gasteiger partial charge in [0, 0.05) is 13.1 Å². The molecule has 4 rings (SSSR count). The van der Waals surface area contributed by atoms with Gasteiger partial charge in [0.25, 0.3) is 11.8 Å². The molecule has 2 aliphatic rings. The molecule has 0 spiro atoms. The van der Waals surface area contributed by atoms with E-state index in [9.17, 15) is 14.4 Å². The second kappa shape index (κ2) is 8.51. The summed E-state index contributed by atoms with van der Waals surface area (Å²) in [6.07, 6.45) is 1.14. The van der Waals surface area contributed by atoms with Gasteiger partial charge in [-0.3, -0.25) is 19.9 Å². The van der Waals surface area contributed by atoms with Crippen molar-refractivity contribution in [2.24, 2.45) is 11.8 Å². The van der Waals surface area contributed by atoms with Crippen LogP contribution in [0, 0.1) is 11.8 Å². The summed E-state index contributed by atoms with van der Waals surface area (Å²) in [5, 5.41) is 3.65. The first kappa shape index (κ1) is 21.1. The minimum Gasteiger partial charge on any atom is -0.314 e. The van der Waals surface area contributed by atoms with Gasteiger partial charge >= 0.3 is 6.03 Å². The largest absolute Gasteiger partial charge is 0.344 e. The van der Waals surface area contributed by atoms with Crippen LogP contribution < -0.4 is 10.7 Å². The van der Waals surface area contributed by atoms with E-state index in [1.165, 1.54) is 0 Å². The van der Waals surface area contributed by atoms with Gasteiger partial charge < -0.3 is 5.32 Å². The molecule has 2 saturated heterocycles. The van der Waals surface area contributed by atoms with E-state index >= 15 is 0 Å². The minimum absolute atomic E-state index is 0.148. The van der Waals surface area contributed by atoms with E-state index in [0.29, 0.717) is 23.0 Å². The number of carbonyl (C=O) groups excluding carboxylic acids is 3. The Balaban J connectivity index is 1.57. The van der Waals surface area contributed by atoms with E-state index in [2.05, 4.69) is 29.5 Å². The number of nitrogens with one attached hydrogen (secondary N) is 2. The van der Waals surface area contributed by atoms with Crippen LogP contribution in [0.5, 0.6) is 0 Å². The molecule has 4 amide bonds. The second-order valence-corrected chi connectivity index (χ2v) is 8.73. The summed E-state index contributed by atoms with van der Waals surface area (Å²) in [6, 6.07) is 17.5.